The predicted molar refractivity (Wildman–Crippen MR) is 74.8 cm³/mol. The fraction of sp³-hybridized carbons (Fsp3) is 0.786. The molecule has 19 heavy (non-hydrogen) atoms. The monoisotopic (exact) mass is 267 g/mol. The second-order valence-electron chi connectivity index (χ2n) is 5.43. The van der Waals surface area contributed by atoms with Gasteiger partial charge in [0.2, 0.25) is 5.91 Å². The molecule has 2 heterocycles. The molecule has 3 N–H and O–H groups in total. The van der Waals surface area contributed by atoms with Crippen LogP contribution in [0.1, 0.15) is 25.7 Å². The number of piperidine rings is 1. The molecule has 0 unspecified atom stereocenters. The van der Waals surface area contributed by atoms with Crippen molar-refractivity contribution in [3.8, 4) is 0 Å². The first-order chi connectivity index (χ1) is 9.22. The lowest BCUT2D eigenvalue weighted by molar-refractivity contribution is -0.132. The number of nitrogens with one attached hydrogen (secondary N) is 1. The summed E-state index contributed by atoms with van der Waals surface area (Å²) in [6.45, 7) is 7.23. The Morgan fingerprint density at radius 1 is 1.37 bits per heavy atom. The number of amides is 1. The Balaban J connectivity index is 1.70. The van der Waals surface area contributed by atoms with Gasteiger partial charge in [-0.1, -0.05) is 6.08 Å². The van der Waals surface area contributed by atoms with E-state index in [1.54, 1.807) is 0 Å². The van der Waals surface area contributed by atoms with Gasteiger partial charge in [-0.15, -0.1) is 6.58 Å². The van der Waals surface area contributed by atoms with Crippen LogP contribution in [0.4, 0.5) is 0 Å². The smallest absolute Gasteiger partial charge is 0.249 e. The zero-order valence-electron chi connectivity index (χ0n) is 11.5. The Labute approximate surface area is 115 Å². The molecule has 5 nitrogen and oxygen atoms in total. The number of likely N-dealkylation sites (tertiary alicyclic amines) is 1. The topological polar surface area (TPSA) is 67.6 Å². The third-order valence-corrected chi connectivity index (χ3v) is 3.98. The van der Waals surface area contributed by atoms with E-state index in [0.29, 0.717) is 6.54 Å². The van der Waals surface area contributed by atoms with E-state index in [0.717, 1.165) is 45.3 Å². The number of carbonyl (C=O) groups excluding carboxylic acids is 1. The molecule has 0 aromatic heterocycles. The van der Waals surface area contributed by atoms with Gasteiger partial charge in [0.05, 0.1) is 6.10 Å². The van der Waals surface area contributed by atoms with Crippen LogP contribution in [0.5, 0.6) is 0 Å². The average molecular weight is 267 g/mol. The number of hydrogen-bond acceptors (Lipinski definition) is 4. The van der Waals surface area contributed by atoms with Crippen molar-refractivity contribution in [1.29, 1.82) is 0 Å². The molecule has 0 saturated carbocycles. The number of ether oxygens (including phenoxy) is 1. The van der Waals surface area contributed by atoms with Crippen molar-refractivity contribution >= 4 is 5.91 Å². The summed E-state index contributed by atoms with van der Waals surface area (Å²) in [5.41, 5.74) is 5.55. The molecule has 2 atom stereocenters. The maximum atomic E-state index is 12.1. The Hall–Kier alpha value is -0.910. The van der Waals surface area contributed by atoms with E-state index in [1.807, 2.05) is 6.08 Å². The first-order valence-corrected chi connectivity index (χ1v) is 7.22. The van der Waals surface area contributed by atoms with Crippen LogP contribution in [0.25, 0.3) is 0 Å². The van der Waals surface area contributed by atoms with E-state index in [2.05, 4.69) is 16.8 Å². The summed E-state index contributed by atoms with van der Waals surface area (Å²) in [5, 5.41) is 3.11. The molecular weight excluding hydrogens is 242 g/mol. The van der Waals surface area contributed by atoms with E-state index < -0.39 is 0 Å². The quantitative estimate of drug-likeness (QED) is 0.701. The lowest BCUT2D eigenvalue weighted by Crippen LogP contribution is -2.47. The summed E-state index contributed by atoms with van der Waals surface area (Å²) in [6.07, 6.45) is 5.40. The van der Waals surface area contributed by atoms with E-state index in [-0.39, 0.29) is 24.2 Å². The van der Waals surface area contributed by atoms with Gasteiger partial charge in [-0.3, -0.25) is 9.69 Å². The second-order valence-corrected chi connectivity index (χ2v) is 5.43. The number of nitrogens with two attached hydrogens (primary N) is 1. The van der Waals surface area contributed by atoms with Gasteiger partial charge >= 0.3 is 0 Å². The van der Waals surface area contributed by atoms with Crippen LogP contribution in [0, 0.1) is 0 Å². The second kappa shape index (κ2) is 7.03. The minimum Gasteiger partial charge on any atom is -0.364 e. The molecular formula is C14H25N3O2. The highest BCUT2D eigenvalue weighted by Gasteiger charge is 2.31. The first-order valence-electron chi connectivity index (χ1n) is 7.22. The molecule has 1 amide bonds. The van der Waals surface area contributed by atoms with E-state index >= 15 is 0 Å². The van der Waals surface area contributed by atoms with Crippen LogP contribution < -0.4 is 11.1 Å². The zero-order chi connectivity index (χ0) is 13.7. The summed E-state index contributed by atoms with van der Waals surface area (Å²) >= 11 is 0. The van der Waals surface area contributed by atoms with Gasteiger partial charge in [-0.05, 0) is 25.7 Å². The number of rotatable bonds is 5. The molecule has 0 aliphatic carbocycles. The Bertz CT molecular complexity index is 314. The molecule has 0 aromatic carbocycles. The lowest BCUT2D eigenvalue weighted by Gasteiger charge is -2.32. The largest absolute Gasteiger partial charge is 0.364 e. The third kappa shape index (κ3) is 4.03. The minimum absolute atomic E-state index is 0.0399. The van der Waals surface area contributed by atoms with Crippen molar-refractivity contribution in [2.24, 2.45) is 5.73 Å². The first kappa shape index (κ1) is 14.5. The average Bonchev–Trinajstić information content (AvgIpc) is 2.90. The van der Waals surface area contributed by atoms with Gasteiger partial charge in [0, 0.05) is 32.2 Å². The number of nitrogens with zero attached hydrogens (tertiary/aromatic N) is 1. The highest BCUT2D eigenvalue weighted by atomic mass is 16.5. The maximum Gasteiger partial charge on any atom is 0.249 e. The van der Waals surface area contributed by atoms with Crippen molar-refractivity contribution < 1.29 is 9.53 Å². The molecule has 108 valence electrons. The van der Waals surface area contributed by atoms with Crippen molar-refractivity contribution in [2.45, 2.75) is 43.9 Å². The summed E-state index contributed by atoms with van der Waals surface area (Å²) in [6, 6.07) is 0.286. The van der Waals surface area contributed by atoms with Crippen LogP contribution in [0.3, 0.4) is 0 Å². The Morgan fingerprint density at radius 3 is 2.68 bits per heavy atom. The number of hydrogen-bond donors (Lipinski definition) is 2. The van der Waals surface area contributed by atoms with Crippen LogP contribution in [-0.2, 0) is 9.53 Å². The fourth-order valence-corrected chi connectivity index (χ4v) is 2.81. The fourth-order valence-electron chi connectivity index (χ4n) is 2.81. The standard InChI is InChI=1S/C14H25N3O2/c1-2-7-17-8-5-11(6-9-17)16-14(18)13-4-3-12(10-15)19-13/h2,11-13H,1,3-10,15H2,(H,16,18)/t12-,13+/m1/s1. The molecule has 2 fully saturated rings. The maximum absolute atomic E-state index is 12.1. The summed E-state index contributed by atoms with van der Waals surface area (Å²) in [7, 11) is 0. The third-order valence-electron chi connectivity index (χ3n) is 3.98. The van der Waals surface area contributed by atoms with E-state index in [4.69, 9.17) is 10.5 Å². The molecule has 0 bridgehead atoms. The highest BCUT2D eigenvalue weighted by Crippen LogP contribution is 2.19. The predicted octanol–water partition coefficient (Wildman–Crippen LogP) is 0.259. The Morgan fingerprint density at radius 2 is 2.11 bits per heavy atom. The molecule has 0 radical (unpaired) electrons. The van der Waals surface area contributed by atoms with Gasteiger partial charge in [0.1, 0.15) is 6.10 Å². The molecule has 0 aromatic rings. The lowest BCUT2D eigenvalue weighted by atomic mass is 10.0. The van der Waals surface area contributed by atoms with Gasteiger partial charge in [-0.2, -0.15) is 0 Å². The summed E-state index contributed by atoms with van der Waals surface area (Å²) < 4.78 is 5.61. The van der Waals surface area contributed by atoms with Crippen molar-refractivity contribution in [3.63, 3.8) is 0 Å². The summed E-state index contributed by atoms with van der Waals surface area (Å²) in [4.78, 5) is 14.4. The van der Waals surface area contributed by atoms with Gasteiger partial charge in [0.25, 0.3) is 0 Å². The highest BCUT2D eigenvalue weighted by molar-refractivity contribution is 5.81. The van der Waals surface area contributed by atoms with Crippen LogP contribution >= 0.6 is 0 Å². The van der Waals surface area contributed by atoms with Crippen LogP contribution in [0.15, 0.2) is 12.7 Å². The molecule has 2 aliphatic heterocycles. The van der Waals surface area contributed by atoms with Crippen molar-refractivity contribution in [2.75, 3.05) is 26.2 Å². The minimum atomic E-state index is -0.292. The molecule has 2 aliphatic rings. The molecule has 5 heteroatoms. The van der Waals surface area contributed by atoms with Crippen LogP contribution in [0.2, 0.25) is 0 Å². The van der Waals surface area contributed by atoms with Crippen molar-refractivity contribution in [1.82, 2.24) is 10.2 Å². The number of carbonyl (C=O) groups is 1. The molecule has 2 saturated heterocycles. The zero-order valence-corrected chi connectivity index (χ0v) is 11.5. The normalized spacial score (nSPS) is 29.3. The Kier molecular flexibility index (Phi) is 5.36. The molecule has 2 rings (SSSR count). The van der Waals surface area contributed by atoms with Gasteiger partial charge in [-0.25, -0.2) is 0 Å². The van der Waals surface area contributed by atoms with E-state index in [1.165, 1.54) is 0 Å². The van der Waals surface area contributed by atoms with Gasteiger partial charge < -0.3 is 15.8 Å². The van der Waals surface area contributed by atoms with Crippen LogP contribution in [-0.4, -0.2) is 55.2 Å². The van der Waals surface area contributed by atoms with Gasteiger partial charge in [0.15, 0.2) is 0 Å². The SMILES string of the molecule is C=CCN1CCC(NC(=O)[C@@H]2CC[C@H](CN)O2)CC1. The van der Waals surface area contributed by atoms with Crippen molar-refractivity contribution in [3.05, 3.63) is 12.7 Å². The van der Waals surface area contributed by atoms with E-state index in [9.17, 15) is 4.79 Å². The summed E-state index contributed by atoms with van der Waals surface area (Å²) in [5.74, 6) is 0.0399. The molecule has 0 spiro atoms.